The first-order valence-corrected chi connectivity index (χ1v) is 7.90. The molecule has 1 aromatic rings. The Morgan fingerprint density at radius 3 is 2.74 bits per heavy atom. The molecular weight excluding hydrogens is 267 g/mol. The second-order valence-corrected chi connectivity index (χ2v) is 7.06. The number of hydrogen-bond acceptors (Lipinski definition) is 3. The van der Waals surface area contributed by atoms with Crippen LogP contribution >= 0.6 is 0 Å². The Labute approximate surface area is 113 Å². The van der Waals surface area contributed by atoms with E-state index in [0.717, 1.165) is 25.3 Å². The Kier molecular flexibility index (Phi) is 4.10. The molecule has 0 spiro atoms. The van der Waals surface area contributed by atoms with Crippen molar-refractivity contribution in [1.82, 2.24) is 4.31 Å². The molecule has 19 heavy (non-hydrogen) atoms. The van der Waals surface area contributed by atoms with Crippen molar-refractivity contribution in [2.24, 2.45) is 5.92 Å². The zero-order chi connectivity index (χ0) is 14.0. The molecule has 1 aliphatic rings. The van der Waals surface area contributed by atoms with Crippen LogP contribution in [0.25, 0.3) is 0 Å². The van der Waals surface area contributed by atoms with E-state index in [2.05, 4.69) is 6.92 Å². The minimum absolute atomic E-state index is 0.0703. The van der Waals surface area contributed by atoms with Gasteiger partial charge in [0.15, 0.2) is 0 Å². The van der Waals surface area contributed by atoms with Gasteiger partial charge in [-0.1, -0.05) is 6.92 Å². The first-order chi connectivity index (χ1) is 8.91. The maximum Gasteiger partial charge on any atom is 0.243 e. The number of anilines is 1. The smallest absolute Gasteiger partial charge is 0.243 e. The van der Waals surface area contributed by atoms with E-state index < -0.39 is 15.8 Å². The van der Waals surface area contributed by atoms with E-state index in [1.54, 1.807) is 0 Å². The highest BCUT2D eigenvalue weighted by Gasteiger charge is 2.27. The lowest BCUT2D eigenvalue weighted by atomic mass is 10.0. The summed E-state index contributed by atoms with van der Waals surface area (Å²) in [5.41, 5.74) is 5.31. The first-order valence-electron chi connectivity index (χ1n) is 6.46. The standard InChI is InChI=1S/C13H19FN2O2S/c1-10-3-2-7-16(8-6-10)19(17,18)11-4-5-12(14)13(15)9-11/h4-5,9-10H,2-3,6-8,15H2,1H3. The van der Waals surface area contributed by atoms with Gasteiger partial charge in [-0.15, -0.1) is 0 Å². The second-order valence-electron chi connectivity index (χ2n) is 5.12. The van der Waals surface area contributed by atoms with Gasteiger partial charge in [-0.05, 0) is 43.4 Å². The molecule has 2 N–H and O–H groups in total. The van der Waals surface area contributed by atoms with Gasteiger partial charge in [0, 0.05) is 13.1 Å². The van der Waals surface area contributed by atoms with Gasteiger partial charge in [-0.2, -0.15) is 4.31 Å². The van der Waals surface area contributed by atoms with Gasteiger partial charge in [0.2, 0.25) is 10.0 Å². The third-order valence-electron chi connectivity index (χ3n) is 3.58. The van der Waals surface area contributed by atoms with Crippen molar-refractivity contribution in [3.8, 4) is 0 Å². The van der Waals surface area contributed by atoms with Crippen molar-refractivity contribution in [3.05, 3.63) is 24.0 Å². The molecule has 0 radical (unpaired) electrons. The summed E-state index contributed by atoms with van der Waals surface area (Å²) >= 11 is 0. The van der Waals surface area contributed by atoms with Gasteiger partial charge in [-0.25, -0.2) is 12.8 Å². The molecule has 1 saturated heterocycles. The number of nitrogen functional groups attached to an aromatic ring is 1. The molecule has 6 heteroatoms. The summed E-state index contributed by atoms with van der Waals surface area (Å²) in [5, 5.41) is 0. The molecule has 0 amide bonds. The topological polar surface area (TPSA) is 63.4 Å². The average Bonchev–Trinajstić information content (AvgIpc) is 2.57. The van der Waals surface area contributed by atoms with Crippen molar-refractivity contribution in [2.75, 3.05) is 18.8 Å². The Morgan fingerprint density at radius 2 is 2.05 bits per heavy atom. The highest BCUT2D eigenvalue weighted by molar-refractivity contribution is 7.89. The zero-order valence-corrected chi connectivity index (χ0v) is 11.8. The van der Waals surface area contributed by atoms with Crippen LogP contribution in [0.5, 0.6) is 0 Å². The molecule has 4 nitrogen and oxygen atoms in total. The van der Waals surface area contributed by atoms with Gasteiger partial charge in [0.25, 0.3) is 0 Å². The Morgan fingerprint density at radius 1 is 1.32 bits per heavy atom. The number of sulfonamides is 1. The molecule has 1 aliphatic heterocycles. The fourth-order valence-corrected chi connectivity index (χ4v) is 3.84. The number of hydrogen-bond donors (Lipinski definition) is 1. The van der Waals surface area contributed by atoms with Crippen molar-refractivity contribution >= 4 is 15.7 Å². The van der Waals surface area contributed by atoms with Gasteiger partial charge < -0.3 is 5.73 Å². The van der Waals surface area contributed by atoms with Crippen molar-refractivity contribution in [1.29, 1.82) is 0 Å². The van der Waals surface area contributed by atoms with E-state index in [4.69, 9.17) is 5.73 Å². The lowest BCUT2D eigenvalue weighted by Gasteiger charge is -2.20. The van der Waals surface area contributed by atoms with Crippen LogP contribution in [-0.2, 0) is 10.0 Å². The van der Waals surface area contributed by atoms with E-state index in [1.165, 1.54) is 16.4 Å². The van der Waals surface area contributed by atoms with Crippen LogP contribution in [0.2, 0.25) is 0 Å². The van der Waals surface area contributed by atoms with Crippen molar-refractivity contribution in [2.45, 2.75) is 31.1 Å². The van der Waals surface area contributed by atoms with E-state index >= 15 is 0 Å². The number of nitrogens with zero attached hydrogens (tertiary/aromatic N) is 1. The van der Waals surface area contributed by atoms with Crippen LogP contribution in [0.4, 0.5) is 10.1 Å². The lowest BCUT2D eigenvalue weighted by molar-refractivity contribution is 0.416. The summed E-state index contributed by atoms with van der Waals surface area (Å²) in [6.45, 7) is 3.16. The molecule has 0 saturated carbocycles. The monoisotopic (exact) mass is 286 g/mol. The molecule has 1 aromatic carbocycles. The molecule has 1 fully saturated rings. The maximum atomic E-state index is 13.1. The Hall–Kier alpha value is -1.14. The SMILES string of the molecule is CC1CCCN(S(=O)(=O)c2ccc(F)c(N)c2)CC1. The van der Waals surface area contributed by atoms with Gasteiger partial charge in [0.05, 0.1) is 10.6 Å². The Bertz CT molecular complexity index is 560. The van der Waals surface area contributed by atoms with Crippen LogP contribution in [0.3, 0.4) is 0 Å². The van der Waals surface area contributed by atoms with E-state index in [0.29, 0.717) is 19.0 Å². The summed E-state index contributed by atoms with van der Waals surface area (Å²) in [6.07, 6.45) is 2.75. The molecule has 106 valence electrons. The lowest BCUT2D eigenvalue weighted by Crippen LogP contribution is -2.32. The summed E-state index contributed by atoms with van der Waals surface area (Å²) in [6, 6.07) is 3.57. The molecule has 0 aliphatic carbocycles. The number of rotatable bonds is 2. The quantitative estimate of drug-likeness (QED) is 0.848. The minimum atomic E-state index is -3.56. The van der Waals surface area contributed by atoms with Crippen LogP contribution in [-0.4, -0.2) is 25.8 Å². The molecule has 0 aromatic heterocycles. The molecule has 2 rings (SSSR count). The van der Waals surface area contributed by atoms with Gasteiger partial charge in [-0.3, -0.25) is 0 Å². The van der Waals surface area contributed by atoms with E-state index in [1.807, 2.05) is 0 Å². The van der Waals surface area contributed by atoms with Crippen molar-refractivity contribution in [3.63, 3.8) is 0 Å². The fourth-order valence-electron chi connectivity index (χ4n) is 2.31. The predicted molar refractivity (Wildman–Crippen MR) is 72.6 cm³/mol. The maximum absolute atomic E-state index is 13.1. The molecule has 1 heterocycles. The number of halogens is 1. The zero-order valence-electron chi connectivity index (χ0n) is 11.0. The second kappa shape index (κ2) is 5.46. The average molecular weight is 286 g/mol. The third kappa shape index (κ3) is 3.06. The van der Waals surface area contributed by atoms with Crippen LogP contribution in [0, 0.1) is 11.7 Å². The van der Waals surface area contributed by atoms with E-state index in [9.17, 15) is 12.8 Å². The van der Waals surface area contributed by atoms with Crippen LogP contribution in [0.1, 0.15) is 26.2 Å². The molecule has 1 atom stereocenters. The van der Waals surface area contributed by atoms with Crippen LogP contribution < -0.4 is 5.73 Å². The summed E-state index contributed by atoms with van der Waals surface area (Å²) in [5.74, 6) is -0.0538. The minimum Gasteiger partial charge on any atom is -0.396 e. The largest absolute Gasteiger partial charge is 0.396 e. The van der Waals surface area contributed by atoms with Crippen LogP contribution in [0.15, 0.2) is 23.1 Å². The van der Waals surface area contributed by atoms with Crippen molar-refractivity contribution < 1.29 is 12.8 Å². The number of nitrogens with two attached hydrogens (primary N) is 1. The normalized spacial score (nSPS) is 22.1. The summed E-state index contributed by atoms with van der Waals surface area (Å²) < 4.78 is 39.5. The third-order valence-corrected chi connectivity index (χ3v) is 5.48. The molecule has 0 bridgehead atoms. The first kappa shape index (κ1) is 14.3. The summed E-state index contributed by atoms with van der Waals surface area (Å²) in [4.78, 5) is 0.0703. The molecule has 1 unspecified atom stereocenters. The highest BCUT2D eigenvalue weighted by atomic mass is 32.2. The van der Waals surface area contributed by atoms with Gasteiger partial charge >= 0.3 is 0 Å². The Balaban J connectivity index is 2.28. The predicted octanol–water partition coefficient (Wildman–Crippen LogP) is 2.22. The van der Waals surface area contributed by atoms with Gasteiger partial charge in [0.1, 0.15) is 5.82 Å². The highest BCUT2D eigenvalue weighted by Crippen LogP contribution is 2.24. The van der Waals surface area contributed by atoms with E-state index in [-0.39, 0.29) is 10.6 Å². The summed E-state index contributed by atoms with van der Waals surface area (Å²) in [7, 11) is -3.56. The fraction of sp³-hybridized carbons (Fsp3) is 0.538. The number of benzene rings is 1. The molecular formula is C13H19FN2O2S.